The third-order valence-corrected chi connectivity index (χ3v) is 4.16. The summed E-state index contributed by atoms with van der Waals surface area (Å²) in [7, 11) is 0. The Morgan fingerprint density at radius 1 is 1.04 bits per heavy atom. The second-order valence-electron chi connectivity index (χ2n) is 5.93. The summed E-state index contributed by atoms with van der Waals surface area (Å²) in [6.45, 7) is 7.53. The average Bonchev–Trinajstić information content (AvgIpc) is 2.55. The molecule has 0 spiro atoms. The standard InChI is InChI=1S/C20H24N2O2/c1-5-17-8-6-7-9-19(17)21-20(24)13-22(16(4)23)18-11-10-14(2)15(3)12-18/h6-12H,5,13H2,1-4H3,(H,21,24). The minimum Gasteiger partial charge on any atom is -0.324 e. The first kappa shape index (κ1) is 17.7. The van der Waals surface area contributed by atoms with Crippen molar-refractivity contribution < 1.29 is 9.59 Å². The number of amides is 2. The molecule has 24 heavy (non-hydrogen) atoms. The molecular formula is C20H24N2O2. The number of aryl methyl sites for hydroxylation is 3. The van der Waals surface area contributed by atoms with Gasteiger partial charge in [0.15, 0.2) is 0 Å². The van der Waals surface area contributed by atoms with Crippen LogP contribution in [0.25, 0.3) is 0 Å². The Labute approximate surface area is 143 Å². The predicted molar refractivity (Wildman–Crippen MR) is 98.4 cm³/mol. The molecule has 0 bridgehead atoms. The van der Waals surface area contributed by atoms with E-state index in [1.807, 2.05) is 63.2 Å². The fourth-order valence-corrected chi connectivity index (χ4v) is 2.56. The van der Waals surface area contributed by atoms with Gasteiger partial charge in [-0.05, 0) is 55.2 Å². The Morgan fingerprint density at radius 3 is 2.38 bits per heavy atom. The Hall–Kier alpha value is -2.62. The molecule has 0 aromatic heterocycles. The molecule has 0 aliphatic carbocycles. The molecule has 126 valence electrons. The average molecular weight is 324 g/mol. The molecule has 1 N–H and O–H groups in total. The second-order valence-corrected chi connectivity index (χ2v) is 5.93. The van der Waals surface area contributed by atoms with E-state index in [0.717, 1.165) is 34.5 Å². The highest BCUT2D eigenvalue weighted by atomic mass is 16.2. The molecular weight excluding hydrogens is 300 g/mol. The van der Waals surface area contributed by atoms with Crippen LogP contribution in [0.4, 0.5) is 11.4 Å². The number of carbonyl (C=O) groups is 2. The van der Waals surface area contributed by atoms with Crippen molar-refractivity contribution in [2.24, 2.45) is 0 Å². The van der Waals surface area contributed by atoms with E-state index >= 15 is 0 Å². The molecule has 2 aromatic carbocycles. The lowest BCUT2D eigenvalue weighted by Gasteiger charge is -2.22. The zero-order valence-corrected chi connectivity index (χ0v) is 14.7. The summed E-state index contributed by atoms with van der Waals surface area (Å²) in [4.78, 5) is 25.9. The number of hydrogen-bond donors (Lipinski definition) is 1. The zero-order valence-electron chi connectivity index (χ0n) is 14.7. The maximum absolute atomic E-state index is 12.4. The normalized spacial score (nSPS) is 10.3. The van der Waals surface area contributed by atoms with Crippen LogP contribution in [0.15, 0.2) is 42.5 Å². The highest BCUT2D eigenvalue weighted by Gasteiger charge is 2.17. The van der Waals surface area contributed by atoms with Gasteiger partial charge in [0.25, 0.3) is 0 Å². The van der Waals surface area contributed by atoms with Gasteiger partial charge in [-0.3, -0.25) is 9.59 Å². The quantitative estimate of drug-likeness (QED) is 0.908. The third kappa shape index (κ3) is 4.22. The highest BCUT2D eigenvalue weighted by molar-refractivity contribution is 6.02. The van der Waals surface area contributed by atoms with Crippen LogP contribution in [0.1, 0.15) is 30.5 Å². The number of nitrogens with zero attached hydrogens (tertiary/aromatic N) is 1. The minimum absolute atomic E-state index is 0.00408. The van der Waals surface area contributed by atoms with Crippen molar-refractivity contribution >= 4 is 23.2 Å². The zero-order chi connectivity index (χ0) is 17.7. The molecule has 0 aliphatic heterocycles. The van der Waals surface area contributed by atoms with Gasteiger partial charge < -0.3 is 10.2 Å². The van der Waals surface area contributed by atoms with Crippen molar-refractivity contribution in [3.63, 3.8) is 0 Å². The highest BCUT2D eigenvalue weighted by Crippen LogP contribution is 2.20. The summed E-state index contributed by atoms with van der Waals surface area (Å²) in [5.41, 5.74) is 4.86. The maximum Gasteiger partial charge on any atom is 0.244 e. The van der Waals surface area contributed by atoms with E-state index in [4.69, 9.17) is 0 Å². The lowest BCUT2D eigenvalue weighted by molar-refractivity contribution is -0.120. The lowest BCUT2D eigenvalue weighted by atomic mass is 10.1. The third-order valence-electron chi connectivity index (χ3n) is 4.16. The molecule has 0 heterocycles. The van der Waals surface area contributed by atoms with Crippen LogP contribution in [0.2, 0.25) is 0 Å². The Balaban J connectivity index is 2.17. The van der Waals surface area contributed by atoms with Gasteiger partial charge in [0.1, 0.15) is 6.54 Å². The molecule has 2 amide bonds. The fraction of sp³-hybridized carbons (Fsp3) is 0.300. The van der Waals surface area contributed by atoms with Gasteiger partial charge >= 0.3 is 0 Å². The van der Waals surface area contributed by atoms with Crippen LogP contribution in [0.5, 0.6) is 0 Å². The number of para-hydroxylation sites is 1. The number of rotatable bonds is 5. The van der Waals surface area contributed by atoms with Crippen molar-refractivity contribution in [1.29, 1.82) is 0 Å². The van der Waals surface area contributed by atoms with Crippen LogP contribution in [-0.4, -0.2) is 18.4 Å². The van der Waals surface area contributed by atoms with Crippen LogP contribution in [0.3, 0.4) is 0 Å². The van der Waals surface area contributed by atoms with Gasteiger partial charge in [0, 0.05) is 18.3 Å². The molecule has 0 unspecified atom stereocenters. The molecule has 0 radical (unpaired) electrons. The lowest BCUT2D eigenvalue weighted by Crippen LogP contribution is -2.36. The smallest absolute Gasteiger partial charge is 0.244 e. The van der Waals surface area contributed by atoms with Crippen LogP contribution < -0.4 is 10.2 Å². The number of carbonyl (C=O) groups excluding carboxylic acids is 2. The van der Waals surface area contributed by atoms with Crippen molar-refractivity contribution in [3.8, 4) is 0 Å². The van der Waals surface area contributed by atoms with E-state index < -0.39 is 0 Å². The maximum atomic E-state index is 12.4. The molecule has 0 saturated heterocycles. The van der Waals surface area contributed by atoms with E-state index in [9.17, 15) is 9.59 Å². The van der Waals surface area contributed by atoms with Crippen molar-refractivity contribution in [2.45, 2.75) is 34.1 Å². The van der Waals surface area contributed by atoms with E-state index in [1.165, 1.54) is 11.8 Å². The summed E-state index contributed by atoms with van der Waals surface area (Å²) in [6.07, 6.45) is 0.837. The molecule has 2 rings (SSSR count). The molecule has 2 aromatic rings. The van der Waals surface area contributed by atoms with Crippen LogP contribution >= 0.6 is 0 Å². The van der Waals surface area contributed by atoms with Crippen molar-refractivity contribution in [3.05, 3.63) is 59.2 Å². The van der Waals surface area contributed by atoms with E-state index in [1.54, 1.807) is 0 Å². The SMILES string of the molecule is CCc1ccccc1NC(=O)CN(C(C)=O)c1ccc(C)c(C)c1. The Bertz CT molecular complexity index is 753. The topological polar surface area (TPSA) is 49.4 Å². The number of anilines is 2. The Kier molecular flexibility index (Phi) is 5.74. The van der Waals surface area contributed by atoms with Gasteiger partial charge in [-0.1, -0.05) is 31.2 Å². The first-order valence-corrected chi connectivity index (χ1v) is 8.15. The molecule has 0 atom stereocenters. The van der Waals surface area contributed by atoms with Crippen molar-refractivity contribution in [2.75, 3.05) is 16.8 Å². The van der Waals surface area contributed by atoms with Crippen LogP contribution in [0, 0.1) is 13.8 Å². The summed E-state index contributed by atoms with van der Waals surface area (Å²) in [5, 5.41) is 2.91. The number of hydrogen-bond acceptors (Lipinski definition) is 2. The summed E-state index contributed by atoms with van der Waals surface area (Å²) in [5.74, 6) is -0.360. The second kappa shape index (κ2) is 7.77. The van der Waals surface area contributed by atoms with Gasteiger partial charge in [-0.15, -0.1) is 0 Å². The first-order chi connectivity index (χ1) is 11.4. The molecule has 0 aliphatic rings. The number of benzene rings is 2. The molecule has 4 nitrogen and oxygen atoms in total. The molecule has 0 saturated carbocycles. The van der Waals surface area contributed by atoms with E-state index in [0.29, 0.717) is 0 Å². The minimum atomic E-state index is -0.204. The van der Waals surface area contributed by atoms with E-state index in [2.05, 4.69) is 5.32 Å². The largest absolute Gasteiger partial charge is 0.324 e. The van der Waals surface area contributed by atoms with Gasteiger partial charge in [-0.2, -0.15) is 0 Å². The Morgan fingerprint density at radius 2 is 1.75 bits per heavy atom. The summed E-state index contributed by atoms with van der Waals surface area (Å²) < 4.78 is 0. The van der Waals surface area contributed by atoms with E-state index in [-0.39, 0.29) is 18.4 Å². The summed E-state index contributed by atoms with van der Waals surface area (Å²) in [6, 6.07) is 13.5. The summed E-state index contributed by atoms with van der Waals surface area (Å²) >= 11 is 0. The molecule has 4 heteroatoms. The predicted octanol–water partition coefficient (Wildman–Crippen LogP) is 3.86. The molecule has 0 fully saturated rings. The van der Waals surface area contributed by atoms with Gasteiger partial charge in [-0.25, -0.2) is 0 Å². The number of nitrogens with one attached hydrogen (secondary N) is 1. The van der Waals surface area contributed by atoms with Gasteiger partial charge in [0.2, 0.25) is 11.8 Å². The monoisotopic (exact) mass is 324 g/mol. The fourth-order valence-electron chi connectivity index (χ4n) is 2.56. The van der Waals surface area contributed by atoms with Gasteiger partial charge in [0.05, 0.1) is 0 Å². The van der Waals surface area contributed by atoms with Crippen molar-refractivity contribution in [1.82, 2.24) is 0 Å². The van der Waals surface area contributed by atoms with Crippen LogP contribution in [-0.2, 0) is 16.0 Å². The first-order valence-electron chi connectivity index (χ1n) is 8.15.